The molecule has 1 aliphatic rings. The molecule has 0 bridgehead atoms. The molecule has 53 heavy (non-hydrogen) atoms. The zero-order valence-corrected chi connectivity index (χ0v) is 33.3. The van der Waals surface area contributed by atoms with Gasteiger partial charge in [0.25, 0.3) is 0 Å². The summed E-state index contributed by atoms with van der Waals surface area (Å²) >= 11 is 0. The molecule has 1 aliphatic heterocycles. The predicted octanol–water partition coefficient (Wildman–Crippen LogP) is 8.48. The van der Waals surface area contributed by atoms with Gasteiger partial charge < -0.3 is 39.4 Å². The van der Waals surface area contributed by atoms with E-state index in [9.17, 15) is 34.8 Å². The molecule has 0 aromatic heterocycles. The molecular formula is C42H76O11. The van der Waals surface area contributed by atoms with Crippen LogP contribution >= 0.6 is 0 Å². The fourth-order valence-corrected chi connectivity index (χ4v) is 6.46. The largest absolute Gasteiger partial charge is 0.479 e. The number of aliphatic carboxylic acids is 1. The van der Waals surface area contributed by atoms with Gasteiger partial charge in [0, 0.05) is 12.8 Å². The van der Waals surface area contributed by atoms with Crippen LogP contribution in [0.15, 0.2) is 12.2 Å². The maximum atomic E-state index is 12.7. The Bertz CT molecular complexity index is 942. The van der Waals surface area contributed by atoms with E-state index in [2.05, 4.69) is 26.0 Å². The number of carbonyl (C=O) groups is 3. The summed E-state index contributed by atoms with van der Waals surface area (Å²) in [6.45, 7) is 3.78. The Hall–Kier alpha value is -2.05. The van der Waals surface area contributed by atoms with Crippen LogP contribution in [0, 0.1) is 0 Å². The van der Waals surface area contributed by atoms with Gasteiger partial charge in [0.1, 0.15) is 24.9 Å². The molecule has 0 saturated carbocycles. The number of aliphatic hydroxyl groups is 3. The molecular weight excluding hydrogens is 680 g/mol. The van der Waals surface area contributed by atoms with E-state index in [0.29, 0.717) is 12.8 Å². The molecule has 0 aromatic carbocycles. The van der Waals surface area contributed by atoms with Crippen molar-refractivity contribution in [3.63, 3.8) is 0 Å². The highest BCUT2D eigenvalue weighted by atomic mass is 16.7. The number of carboxylic acids is 1. The first-order valence-electron chi connectivity index (χ1n) is 21.2. The molecule has 1 saturated heterocycles. The summed E-state index contributed by atoms with van der Waals surface area (Å²) in [6, 6.07) is 0. The average Bonchev–Trinajstić information content (AvgIpc) is 3.14. The van der Waals surface area contributed by atoms with Crippen molar-refractivity contribution in [1.82, 2.24) is 0 Å². The summed E-state index contributed by atoms with van der Waals surface area (Å²) in [7, 11) is 0. The van der Waals surface area contributed by atoms with Gasteiger partial charge in [0.2, 0.25) is 0 Å². The number of carbonyl (C=O) groups excluding carboxylic acids is 2. The highest BCUT2D eigenvalue weighted by Gasteiger charge is 2.47. The monoisotopic (exact) mass is 757 g/mol. The van der Waals surface area contributed by atoms with Crippen LogP contribution in [0.25, 0.3) is 0 Å². The lowest BCUT2D eigenvalue weighted by atomic mass is 9.99. The van der Waals surface area contributed by atoms with Gasteiger partial charge in [-0.3, -0.25) is 9.59 Å². The topological polar surface area (TPSA) is 169 Å². The Kier molecular flexibility index (Phi) is 30.8. The second kappa shape index (κ2) is 33.3. The van der Waals surface area contributed by atoms with Gasteiger partial charge in [-0.2, -0.15) is 0 Å². The minimum absolute atomic E-state index is 0.186. The predicted molar refractivity (Wildman–Crippen MR) is 206 cm³/mol. The number of rotatable bonds is 35. The number of carboxylic acid groups (broad SMARTS) is 1. The van der Waals surface area contributed by atoms with Gasteiger partial charge in [0.15, 0.2) is 18.5 Å². The zero-order valence-electron chi connectivity index (χ0n) is 33.3. The lowest BCUT2D eigenvalue weighted by Gasteiger charge is -2.38. The molecule has 11 heteroatoms. The SMILES string of the molecule is CCCCCCCC/C=C\CCCCCCCCCC(=O)OCC(COC1OC(C(=O)O)C(O)C(O)C1O)OC(=O)CCCCCCCCCCCC. The molecule has 11 nitrogen and oxygen atoms in total. The van der Waals surface area contributed by atoms with Crippen molar-refractivity contribution >= 4 is 17.9 Å². The molecule has 4 N–H and O–H groups in total. The van der Waals surface area contributed by atoms with Crippen LogP contribution in [-0.2, 0) is 33.3 Å². The van der Waals surface area contributed by atoms with Crippen LogP contribution < -0.4 is 0 Å². The van der Waals surface area contributed by atoms with Crippen molar-refractivity contribution in [1.29, 1.82) is 0 Å². The Balaban J connectivity index is 2.36. The molecule has 0 spiro atoms. The summed E-state index contributed by atoms with van der Waals surface area (Å²) in [5.74, 6) is -2.44. The number of hydrogen-bond donors (Lipinski definition) is 4. The number of aliphatic hydroxyl groups excluding tert-OH is 3. The minimum Gasteiger partial charge on any atom is -0.479 e. The molecule has 0 aromatic rings. The number of unbranched alkanes of at least 4 members (excludes halogenated alkanes) is 22. The van der Waals surface area contributed by atoms with Crippen LogP contribution in [0.3, 0.4) is 0 Å². The summed E-state index contributed by atoms with van der Waals surface area (Å²) in [4.78, 5) is 36.7. The normalized spacial score (nSPS) is 20.8. The van der Waals surface area contributed by atoms with Crippen LogP contribution in [0.4, 0.5) is 0 Å². The molecule has 6 unspecified atom stereocenters. The van der Waals surface area contributed by atoms with E-state index in [0.717, 1.165) is 44.9 Å². The third-order valence-corrected chi connectivity index (χ3v) is 9.86. The Morgan fingerprint density at radius 3 is 1.47 bits per heavy atom. The zero-order chi connectivity index (χ0) is 38.9. The Labute approximate surface area is 320 Å². The molecule has 1 fully saturated rings. The van der Waals surface area contributed by atoms with Crippen molar-refractivity contribution < 1.29 is 53.8 Å². The van der Waals surface area contributed by atoms with Gasteiger partial charge in [0.05, 0.1) is 6.61 Å². The van der Waals surface area contributed by atoms with E-state index in [1.165, 1.54) is 103 Å². The van der Waals surface area contributed by atoms with E-state index in [1.807, 2.05) is 0 Å². The van der Waals surface area contributed by atoms with E-state index in [1.54, 1.807) is 0 Å². The van der Waals surface area contributed by atoms with E-state index >= 15 is 0 Å². The molecule has 310 valence electrons. The average molecular weight is 757 g/mol. The number of esters is 2. The van der Waals surface area contributed by atoms with Crippen molar-refractivity contribution in [2.45, 2.75) is 224 Å². The molecule has 0 radical (unpaired) electrons. The fourth-order valence-electron chi connectivity index (χ4n) is 6.46. The fraction of sp³-hybridized carbons (Fsp3) is 0.881. The van der Waals surface area contributed by atoms with Gasteiger partial charge in [-0.25, -0.2) is 4.79 Å². The van der Waals surface area contributed by atoms with E-state index < -0.39 is 54.7 Å². The summed E-state index contributed by atoms with van der Waals surface area (Å²) in [6.07, 6.45) is 24.2. The minimum atomic E-state index is -1.86. The number of hydrogen-bond acceptors (Lipinski definition) is 10. The Morgan fingerprint density at radius 1 is 0.566 bits per heavy atom. The van der Waals surface area contributed by atoms with Crippen molar-refractivity contribution in [2.75, 3.05) is 13.2 Å². The maximum Gasteiger partial charge on any atom is 0.335 e. The summed E-state index contributed by atoms with van der Waals surface area (Å²) < 4.78 is 21.7. The second-order valence-electron chi connectivity index (χ2n) is 14.8. The molecule has 0 amide bonds. The van der Waals surface area contributed by atoms with E-state index in [4.69, 9.17) is 18.9 Å². The highest BCUT2D eigenvalue weighted by Crippen LogP contribution is 2.23. The second-order valence-corrected chi connectivity index (χ2v) is 14.8. The van der Waals surface area contributed by atoms with Crippen LogP contribution in [0.2, 0.25) is 0 Å². The van der Waals surface area contributed by atoms with Crippen molar-refractivity contribution in [2.24, 2.45) is 0 Å². The highest BCUT2D eigenvalue weighted by molar-refractivity contribution is 5.73. The molecule has 1 heterocycles. The maximum absolute atomic E-state index is 12.7. The molecule has 1 rings (SSSR count). The summed E-state index contributed by atoms with van der Waals surface area (Å²) in [5, 5.41) is 39.7. The van der Waals surface area contributed by atoms with Crippen LogP contribution in [0.5, 0.6) is 0 Å². The molecule has 0 aliphatic carbocycles. The number of ether oxygens (including phenoxy) is 4. The van der Waals surface area contributed by atoms with Crippen molar-refractivity contribution in [3.05, 3.63) is 12.2 Å². The number of allylic oxidation sites excluding steroid dienone is 2. The van der Waals surface area contributed by atoms with Gasteiger partial charge in [-0.05, 0) is 38.5 Å². The van der Waals surface area contributed by atoms with Crippen LogP contribution in [0.1, 0.15) is 187 Å². The third kappa shape index (κ3) is 25.6. The first-order valence-corrected chi connectivity index (χ1v) is 21.2. The lowest BCUT2D eigenvalue weighted by molar-refractivity contribution is -0.298. The summed E-state index contributed by atoms with van der Waals surface area (Å²) in [5.41, 5.74) is 0. The Morgan fingerprint density at radius 2 is 1.00 bits per heavy atom. The lowest BCUT2D eigenvalue weighted by Crippen LogP contribution is -2.60. The van der Waals surface area contributed by atoms with Gasteiger partial charge in [-0.15, -0.1) is 0 Å². The van der Waals surface area contributed by atoms with Gasteiger partial charge >= 0.3 is 17.9 Å². The van der Waals surface area contributed by atoms with Crippen LogP contribution in [-0.4, -0.2) is 88.4 Å². The van der Waals surface area contributed by atoms with Gasteiger partial charge in [-0.1, -0.05) is 148 Å². The third-order valence-electron chi connectivity index (χ3n) is 9.86. The first-order chi connectivity index (χ1) is 25.7. The molecule has 6 atom stereocenters. The van der Waals surface area contributed by atoms with E-state index in [-0.39, 0.29) is 26.1 Å². The quantitative estimate of drug-likeness (QED) is 0.0278. The standard InChI is InChI=1S/C42H76O11/c1-3-5-7-9-11-13-15-16-17-18-19-20-21-23-24-26-28-30-35(43)50-32-34(33-51-42-39(47)37(45)38(46)40(53-42)41(48)49)52-36(44)31-29-27-25-22-14-12-10-8-6-4-2/h16-17,34,37-40,42,45-47H,3-15,18-33H2,1-2H3,(H,48,49)/b17-16-. The first kappa shape index (κ1) is 49.0. The van der Waals surface area contributed by atoms with Crippen molar-refractivity contribution in [3.8, 4) is 0 Å². The smallest absolute Gasteiger partial charge is 0.335 e.